The predicted octanol–water partition coefficient (Wildman–Crippen LogP) is 8.12. The van der Waals surface area contributed by atoms with Gasteiger partial charge in [0, 0.05) is 17.7 Å². The van der Waals surface area contributed by atoms with Crippen LogP contribution in [-0.2, 0) is 16.6 Å². The van der Waals surface area contributed by atoms with Gasteiger partial charge < -0.3 is 9.15 Å². The van der Waals surface area contributed by atoms with Gasteiger partial charge in [-0.3, -0.25) is 0 Å². The van der Waals surface area contributed by atoms with Crippen LogP contribution in [0.3, 0.4) is 0 Å². The van der Waals surface area contributed by atoms with Crippen LogP contribution in [0.2, 0.25) is 0 Å². The molecule has 4 aromatic rings. The number of rotatable bonds is 9. The van der Waals surface area contributed by atoms with Crippen molar-refractivity contribution in [1.82, 2.24) is 10.2 Å². The van der Waals surface area contributed by atoms with Gasteiger partial charge in [-0.2, -0.15) is 0 Å². The van der Waals surface area contributed by atoms with Gasteiger partial charge in [0.1, 0.15) is 0 Å². The molecule has 0 N–H and O–H groups in total. The van der Waals surface area contributed by atoms with E-state index in [0.717, 1.165) is 42.6 Å². The molecule has 4 nitrogen and oxygen atoms in total. The molecule has 35 heavy (non-hydrogen) atoms. The summed E-state index contributed by atoms with van der Waals surface area (Å²) in [6.45, 7) is 11.6. The molecule has 1 unspecified atom stereocenters. The third-order valence-corrected chi connectivity index (χ3v) is 6.32. The van der Waals surface area contributed by atoms with E-state index in [9.17, 15) is 0 Å². The van der Waals surface area contributed by atoms with Crippen LogP contribution in [-0.4, -0.2) is 22.9 Å². The van der Waals surface area contributed by atoms with E-state index in [1.807, 2.05) is 24.3 Å². The van der Waals surface area contributed by atoms with E-state index in [1.54, 1.807) is 0 Å². The molecule has 0 aliphatic carbocycles. The average molecular weight is 469 g/mol. The van der Waals surface area contributed by atoms with Gasteiger partial charge in [0.05, 0.1) is 6.10 Å². The molecule has 0 saturated heterocycles. The van der Waals surface area contributed by atoms with E-state index in [2.05, 4.69) is 93.3 Å². The SMILES string of the molecule is CCCC(Cc1ccc(-c2ccc(-c3nnc(-c4ccc(C(C)(C)C)cc4)o3)cc2)cc1)OCC. The molecule has 0 bridgehead atoms. The lowest BCUT2D eigenvalue weighted by molar-refractivity contribution is 0.0567. The van der Waals surface area contributed by atoms with Gasteiger partial charge in [-0.1, -0.05) is 82.6 Å². The summed E-state index contributed by atoms with van der Waals surface area (Å²) in [5.41, 5.74) is 6.89. The molecule has 182 valence electrons. The molecule has 4 rings (SSSR count). The van der Waals surface area contributed by atoms with Crippen molar-refractivity contribution < 1.29 is 9.15 Å². The molecule has 0 saturated carbocycles. The summed E-state index contributed by atoms with van der Waals surface area (Å²) >= 11 is 0. The van der Waals surface area contributed by atoms with Gasteiger partial charge in [0.2, 0.25) is 11.8 Å². The molecule has 1 aromatic heterocycles. The Morgan fingerprint density at radius 1 is 0.714 bits per heavy atom. The van der Waals surface area contributed by atoms with Crippen LogP contribution in [0, 0.1) is 0 Å². The van der Waals surface area contributed by atoms with E-state index >= 15 is 0 Å². The Kier molecular flexibility index (Phi) is 7.82. The number of hydrogen-bond donors (Lipinski definition) is 0. The summed E-state index contributed by atoms with van der Waals surface area (Å²) in [5, 5.41) is 8.55. The van der Waals surface area contributed by atoms with Gasteiger partial charge in [-0.05, 0) is 71.7 Å². The number of nitrogens with zero attached hydrogens (tertiary/aromatic N) is 2. The van der Waals surface area contributed by atoms with Crippen molar-refractivity contribution in [2.75, 3.05) is 6.61 Å². The van der Waals surface area contributed by atoms with Crippen LogP contribution < -0.4 is 0 Å². The first kappa shape index (κ1) is 24.9. The predicted molar refractivity (Wildman–Crippen MR) is 143 cm³/mol. The molecule has 0 fully saturated rings. The van der Waals surface area contributed by atoms with Crippen LogP contribution in [0.1, 0.15) is 58.6 Å². The lowest BCUT2D eigenvalue weighted by Crippen LogP contribution is -2.15. The Morgan fingerprint density at radius 2 is 1.20 bits per heavy atom. The molecule has 1 heterocycles. The maximum Gasteiger partial charge on any atom is 0.248 e. The Hall–Kier alpha value is -3.24. The zero-order chi connectivity index (χ0) is 24.8. The highest BCUT2D eigenvalue weighted by atomic mass is 16.5. The van der Waals surface area contributed by atoms with Crippen LogP contribution in [0.4, 0.5) is 0 Å². The Labute approximate surface area is 209 Å². The molecule has 0 radical (unpaired) electrons. The average Bonchev–Trinajstić information content (AvgIpc) is 3.35. The van der Waals surface area contributed by atoms with Crippen molar-refractivity contribution in [3.63, 3.8) is 0 Å². The molecular weight excluding hydrogens is 432 g/mol. The Morgan fingerprint density at radius 3 is 1.69 bits per heavy atom. The summed E-state index contributed by atoms with van der Waals surface area (Å²) in [6, 6.07) is 25.4. The Bertz CT molecular complexity index is 1190. The van der Waals surface area contributed by atoms with Crippen LogP contribution in [0.25, 0.3) is 34.0 Å². The molecule has 0 spiro atoms. The summed E-state index contributed by atoms with van der Waals surface area (Å²) in [7, 11) is 0. The van der Waals surface area contributed by atoms with Crippen LogP contribution in [0.15, 0.2) is 77.2 Å². The fourth-order valence-electron chi connectivity index (χ4n) is 4.27. The van der Waals surface area contributed by atoms with E-state index in [0.29, 0.717) is 17.9 Å². The molecule has 3 aromatic carbocycles. The third kappa shape index (κ3) is 6.26. The molecule has 0 aliphatic rings. The number of benzene rings is 3. The second kappa shape index (κ2) is 11.0. The van der Waals surface area contributed by atoms with Gasteiger partial charge >= 0.3 is 0 Å². The molecule has 0 aliphatic heterocycles. The maximum absolute atomic E-state index is 5.99. The van der Waals surface area contributed by atoms with Crippen molar-refractivity contribution >= 4 is 0 Å². The number of aromatic nitrogens is 2. The number of hydrogen-bond acceptors (Lipinski definition) is 4. The second-order valence-corrected chi connectivity index (χ2v) is 10.1. The lowest BCUT2D eigenvalue weighted by Gasteiger charge is -2.18. The normalized spacial score (nSPS) is 12.6. The minimum Gasteiger partial charge on any atom is -0.416 e. The first-order valence-corrected chi connectivity index (χ1v) is 12.6. The van der Waals surface area contributed by atoms with E-state index < -0.39 is 0 Å². The molecule has 1 atom stereocenters. The monoisotopic (exact) mass is 468 g/mol. The Balaban J connectivity index is 1.44. The largest absolute Gasteiger partial charge is 0.416 e. The fraction of sp³-hybridized carbons (Fsp3) is 0.355. The van der Waals surface area contributed by atoms with Crippen molar-refractivity contribution in [3.8, 4) is 34.0 Å². The first-order valence-electron chi connectivity index (χ1n) is 12.6. The zero-order valence-corrected chi connectivity index (χ0v) is 21.5. The quantitative estimate of drug-likeness (QED) is 0.249. The lowest BCUT2D eigenvalue weighted by atomic mass is 9.87. The molecular formula is C31H36N2O2. The topological polar surface area (TPSA) is 48.2 Å². The summed E-state index contributed by atoms with van der Waals surface area (Å²) in [5.74, 6) is 1.06. The highest BCUT2D eigenvalue weighted by Gasteiger charge is 2.15. The fourth-order valence-corrected chi connectivity index (χ4v) is 4.27. The minimum absolute atomic E-state index is 0.113. The van der Waals surface area contributed by atoms with Crippen LogP contribution >= 0.6 is 0 Å². The van der Waals surface area contributed by atoms with Gasteiger partial charge in [-0.15, -0.1) is 10.2 Å². The standard InChI is InChI=1S/C31H36N2O2/c1-6-8-28(34-7-2)21-22-9-11-23(12-10-22)24-13-15-25(16-14-24)29-32-33-30(35-29)26-17-19-27(20-18-26)31(3,4)5/h9-20,28H,6-8,21H2,1-5H3. The summed E-state index contributed by atoms with van der Waals surface area (Å²) in [4.78, 5) is 0. The third-order valence-electron chi connectivity index (χ3n) is 6.32. The minimum atomic E-state index is 0.113. The van der Waals surface area contributed by atoms with Gasteiger partial charge in [0.25, 0.3) is 0 Å². The summed E-state index contributed by atoms with van der Waals surface area (Å²) < 4.78 is 11.9. The van der Waals surface area contributed by atoms with E-state index in [-0.39, 0.29) is 5.41 Å². The highest BCUT2D eigenvalue weighted by molar-refractivity contribution is 5.68. The first-order chi connectivity index (χ1) is 16.9. The van der Waals surface area contributed by atoms with Crippen molar-refractivity contribution in [2.24, 2.45) is 0 Å². The smallest absolute Gasteiger partial charge is 0.248 e. The highest BCUT2D eigenvalue weighted by Crippen LogP contribution is 2.29. The van der Waals surface area contributed by atoms with Crippen molar-refractivity contribution in [3.05, 3.63) is 83.9 Å². The molecule has 0 amide bonds. The van der Waals surface area contributed by atoms with Gasteiger partial charge in [0.15, 0.2) is 0 Å². The number of ether oxygens (including phenoxy) is 1. The van der Waals surface area contributed by atoms with Crippen LogP contribution in [0.5, 0.6) is 0 Å². The van der Waals surface area contributed by atoms with Crippen molar-refractivity contribution in [2.45, 2.75) is 65.4 Å². The van der Waals surface area contributed by atoms with Gasteiger partial charge in [-0.25, -0.2) is 0 Å². The second-order valence-electron chi connectivity index (χ2n) is 10.1. The summed E-state index contributed by atoms with van der Waals surface area (Å²) in [6.07, 6.45) is 3.49. The van der Waals surface area contributed by atoms with E-state index in [1.165, 1.54) is 16.7 Å². The van der Waals surface area contributed by atoms with E-state index in [4.69, 9.17) is 9.15 Å². The van der Waals surface area contributed by atoms with Crippen molar-refractivity contribution in [1.29, 1.82) is 0 Å². The molecule has 4 heteroatoms. The zero-order valence-electron chi connectivity index (χ0n) is 21.5. The maximum atomic E-state index is 5.99.